The number of amides is 1. The summed E-state index contributed by atoms with van der Waals surface area (Å²) in [5.74, 6) is -0.591. The molecule has 2 rings (SSSR count). The van der Waals surface area contributed by atoms with Gasteiger partial charge in [-0.15, -0.1) is 0 Å². The summed E-state index contributed by atoms with van der Waals surface area (Å²) < 4.78 is 0. The SMILES string of the molecule is CC(CCC(=O)O)CNC(=O)Cc1ccc2c(c1)CCC2. The Bertz CT molecular complexity index is 525. The largest absolute Gasteiger partial charge is 0.481 e. The molecule has 0 aromatic heterocycles. The average Bonchev–Trinajstić information content (AvgIpc) is 2.90. The first-order chi connectivity index (χ1) is 10.0. The van der Waals surface area contributed by atoms with E-state index in [9.17, 15) is 9.59 Å². The Morgan fingerprint density at radius 2 is 2.05 bits per heavy atom. The molecule has 1 aliphatic rings. The lowest BCUT2D eigenvalue weighted by atomic mass is 10.0. The lowest BCUT2D eigenvalue weighted by Gasteiger charge is -2.12. The van der Waals surface area contributed by atoms with Crippen molar-refractivity contribution < 1.29 is 14.7 Å². The average molecular weight is 289 g/mol. The number of hydrogen-bond acceptors (Lipinski definition) is 2. The molecule has 1 aliphatic carbocycles. The molecule has 2 N–H and O–H groups in total. The number of carbonyl (C=O) groups is 2. The fraction of sp³-hybridized carbons (Fsp3) is 0.529. The van der Waals surface area contributed by atoms with Crippen LogP contribution in [-0.2, 0) is 28.9 Å². The van der Waals surface area contributed by atoms with Crippen LogP contribution in [0.5, 0.6) is 0 Å². The lowest BCUT2D eigenvalue weighted by Crippen LogP contribution is -2.29. The summed E-state index contributed by atoms with van der Waals surface area (Å²) >= 11 is 0. The molecule has 0 radical (unpaired) electrons. The van der Waals surface area contributed by atoms with Crippen LogP contribution in [-0.4, -0.2) is 23.5 Å². The predicted octanol–water partition coefficient (Wildman–Crippen LogP) is 2.33. The third-order valence-corrected chi connectivity index (χ3v) is 4.03. The van der Waals surface area contributed by atoms with Crippen LogP contribution in [0, 0.1) is 5.92 Å². The van der Waals surface area contributed by atoms with Gasteiger partial charge in [-0.2, -0.15) is 0 Å². The van der Waals surface area contributed by atoms with E-state index in [0.29, 0.717) is 19.4 Å². The number of fused-ring (bicyclic) bond motifs is 1. The second-order valence-electron chi connectivity index (χ2n) is 5.98. The van der Waals surface area contributed by atoms with Gasteiger partial charge in [0.1, 0.15) is 0 Å². The third kappa shape index (κ3) is 4.88. The van der Waals surface area contributed by atoms with Crippen LogP contribution in [0.15, 0.2) is 18.2 Å². The van der Waals surface area contributed by atoms with Crippen LogP contribution >= 0.6 is 0 Å². The van der Waals surface area contributed by atoms with E-state index in [-0.39, 0.29) is 18.2 Å². The maximum absolute atomic E-state index is 11.9. The zero-order valence-corrected chi connectivity index (χ0v) is 12.5. The fourth-order valence-corrected chi connectivity index (χ4v) is 2.74. The highest BCUT2D eigenvalue weighted by Crippen LogP contribution is 2.22. The highest BCUT2D eigenvalue weighted by Gasteiger charge is 2.13. The Hall–Kier alpha value is -1.84. The molecule has 0 heterocycles. The summed E-state index contributed by atoms with van der Waals surface area (Å²) in [4.78, 5) is 22.4. The molecule has 0 aliphatic heterocycles. The Kier molecular flexibility index (Phi) is 5.37. The fourth-order valence-electron chi connectivity index (χ4n) is 2.74. The maximum Gasteiger partial charge on any atom is 0.303 e. The first-order valence-corrected chi connectivity index (χ1v) is 7.64. The summed E-state index contributed by atoms with van der Waals surface area (Å²) in [6.07, 6.45) is 4.64. The molecule has 114 valence electrons. The molecule has 1 atom stereocenters. The second kappa shape index (κ2) is 7.25. The summed E-state index contributed by atoms with van der Waals surface area (Å²) in [6, 6.07) is 6.33. The van der Waals surface area contributed by atoms with Crippen molar-refractivity contribution in [2.75, 3.05) is 6.54 Å². The topological polar surface area (TPSA) is 66.4 Å². The van der Waals surface area contributed by atoms with Crippen molar-refractivity contribution in [3.63, 3.8) is 0 Å². The molecular formula is C17H23NO3. The smallest absolute Gasteiger partial charge is 0.303 e. The summed E-state index contributed by atoms with van der Waals surface area (Å²) in [5.41, 5.74) is 3.86. The first-order valence-electron chi connectivity index (χ1n) is 7.64. The zero-order chi connectivity index (χ0) is 15.2. The number of carbonyl (C=O) groups excluding carboxylic acids is 1. The number of nitrogens with one attached hydrogen (secondary N) is 1. The molecular weight excluding hydrogens is 266 g/mol. The minimum atomic E-state index is -0.786. The van der Waals surface area contributed by atoms with Crippen LogP contribution < -0.4 is 5.32 Å². The number of carboxylic acids is 1. The second-order valence-corrected chi connectivity index (χ2v) is 5.98. The van der Waals surface area contributed by atoms with Crippen molar-refractivity contribution in [1.82, 2.24) is 5.32 Å². The van der Waals surface area contributed by atoms with Crippen molar-refractivity contribution in [1.29, 1.82) is 0 Å². The van der Waals surface area contributed by atoms with Crippen molar-refractivity contribution in [2.45, 2.75) is 45.4 Å². The van der Waals surface area contributed by atoms with Crippen molar-refractivity contribution in [3.8, 4) is 0 Å². The number of hydrogen-bond donors (Lipinski definition) is 2. The molecule has 1 aromatic carbocycles. The number of benzene rings is 1. The van der Waals surface area contributed by atoms with Crippen LogP contribution in [0.25, 0.3) is 0 Å². The molecule has 4 heteroatoms. The van der Waals surface area contributed by atoms with Crippen LogP contribution in [0.2, 0.25) is 0 Å². The number of rotatable bonds is 7. The van der Waals surface area contributed by atoms with Crippen LogP contribution in [0.3, 0.4) is 0 Å². The van der Waals surface area contributed by atoms with E-state index < -0.39 is 5.97 Å². The van der Waals surface area contributed by atoms with E-state index >= 15 is 0 Å². The van der Waals surface area contributed by atoms with E-state index in [2.05, 4.69) is 17.4 Å². The highest BCUT2D eigenvalue weighted by molar-refractivity contribution is 5.78. The van der Waals surface area contributed by atoms with Crippen molar-refractivity contribution in [2.24, 2.45) is 5.92 Å². The monoisotopic (exact) mass is 289 g/mol. The minimum Gasteiger partial charge on any atom is -0.481 e. The van der Waals surface area contributed by atoms with E-state index in [1.807, 2.05) is 13.0 Å². The van der Waals surface area contributed by atoms with E-state index in [1.54, 1.807) is 0 Å². The number of aliphatic carboxylic acids is 1. The quantitative estimate of drug-likeness (QED) is 0.809. The zero-order valence-electron chi connectivity index (χ0n) is 12.5. The normalized spacial score (nSPS) is 14.5. The van der Waals surface area contributed by atoms with E-state index in [4.69, 9.17) is 5.11 Å². The van der Waals surface area contributed by atoms with Gasteiger partial charge in [-0.1, -0.05) is 25.1 Å². The highest BCUT2D eigenvalue weighted by atomic mass is 16.4. The number of aryl methyl sites for hydroxylation is 2. The van der Waals surface area contributed by atoms with Gasteiger partial charge in [0.05, 0.1) is 6.42 Å². The Labute approximate surface area is 125 Å². The van der Waals surface area contributed by atoms with Crippen LogP contribution in [0.1, 0.15) is 42.9 Å². The van der Waals surface area contributed by atoms with Gasteiger partial charge in [0.2, 0.25) is 5.91 Å². The molecule has 0 fully saturated rings. The summed E-state index contributed by atoms with van der Waals surface area (Å²) in [7, 11) is 0. The molecule has 1 amide bonds. The minimum absolute atomic E-state index is 0.00937. The van der Waals surface area contributed by atoms with Crippen molar-refractivity contribution in [3.05, 3.63) is 34.9 Å². The van der Waals surface area contributed by atoms with E-state index in [1.165, 1.54) is 17.5 Å². The molecule has 0 saturated carbocycles. The Morgan fingerprint density at radius 3 is 2.81 bits per heavy atom. The molecule has 1 unspecified atom stereocenters. The summed E-state index contributed by atoms with van der Waals surface area (Å²) in [5, 5.41) is 11.5. The van der Waals surface area contributed by atoms with Gasteiger partial charge < -0.3 is 10.4 Å². The van der Waals surface area contributed by atoms with Gasteiger partial charge in [0.15, 0.2) is 0 Å². The summed E-state index contributed by atoms with van der Waals surface area (Å²) in [6.45, 7) is 2.50. The maximum atomic E-state index is 11.9. The van der Waals surface area contributed by atoms with Crippen molar-refractivity contribution >= 4 is 11.9 Å². The van der Waals surface area contributed by atoms with Gasteiger partial charge in [-0.25, -0.2) is 0 Å². The number of carboxylic acid groups (broad SMARTS) is 1. The molecule has 0 spiro atoms. The first kappa shape index (κ1) is 15.5. The van der Waals surface area contributed by atoms with Gasteiger partial charge in [-0.05, 0) is 48.3 Å². The molecule has 0 bridgehead atoms. The Balaban J connectivity index is 1.75. The Morgan fingerprint density at radius 1 is 1.29 bits per heavy atom. The van der Waals surface area contributed by atoms with Gasteiger partial charge in [0.25, 0.3) is 0 Å². The molecule has 1 aromatic rings. The van der Waals surface area contributed by atoms with Gasteiger partial charge in [0, 0.05) is 13.0 Å². The third-order valence-electron chi connectivity index (χ3n) is 4.03. The molecule has 0 saturated heterocycles. The predicted molar refractivity (Wildman–Crippen MR) is 81.2 cm³/mol. The van der Waals surface area contributed by atoms with Crippen LogP contribution in [0.4, 0.5) is 0 Å². The lowest BCUT2D eigenvalue weighted by molar-refractivity contribution is -0.137. The standard InChI is InChI=1S/C17H23NO3/c1-12(5-8-17(20)21)11-18-16(19)10-13-6-7-14-3-2-4-15(14)9-13/h6-7,9,12H,2-5,8,10-11H2,1H3,(H,18,19)(H,20,21). The molecule has 4 nitrogen and oxygen atoms in total. The van der Waals surface area contributed by atoms with Gasteiger partial charge >= 0.3 is 5.97 Å². The van der Waals surface area contributed by atoms with Gasteiger partial charge in [-0.3, -0.25) is 9.59 Å². The molecule has 21 heavy (non-hydrogen) atoms. The van der Waals surface area contributed by atoms with E-state index in [0.717, 1.165) is 18.4 Å².